The van der Waals surface area contributed by atoms with Gasteiger partial charge in [-0.25, -0.2) is 0 Å². The van der Waals surface area contributed by atoms with Gasteiger partial charge in [-0.1, -0.05) is 13.0 Å². The van der Waals surface area contributed by atoms with Crippen LogP contribution in [0.5, 0.6) is 0 Å². The molecule has 4 nitrogen and oxygen atoms in total. The van der Waals surface area contributed by atoms with Crippen LogP contribution in [0.15, 0.2) is 36.1 Å². The lowest BCUT2D eigenvalue weighted by Crippen LogP contribution is -2.27. The summed E-state index contributed by atoms with van der Waals surface area (Å²) in [6.07, 6.45) is 5.71. The molecule has 0 bridgehead atoms. The second-order valence-corrected chi connectivity index (χ2v) is 4.95. The zero-order valence-electron chi connectivity index (χ0n) is 10.3. The van der Waals surface area contributed by atoms with Crippen LogP contribution in [0.3, 0.4) is 0 Å². The standard InChI is InChI=1S/C13H15NO3S/c1-3-9-7-10(11-5-4-6-14-11)13(17-2)12(8-9)18(15)16/h4-8,13-14H,3H2,1-2H3. The smallest absolute Gasteiger partial charge is 0.220 e. The van der Waals surface area contributed by atoms with Crippen molar-refractivity contribution >= 4 is 20.7 Å². The fourth-order valence-corrected chi connectivity index (χ4v) is 2.69. The minimum atomic E-state index is -2.28. The van der Waals surface area contributed by atoms with Gasteiger partial charge in [0.1, 0.15) is 11.0 Å². The molecule has 1 N–H and O–H groups in total. The van der Waals surface area contributed by atoms with Crippen LogP contribution in [0.2, 0.25) is 0 Å². The fourth-order valence-electron chi connectivity index (χ4n) is 2.04. The van der Waals surface area contributed by atoms with Gasteiger partial charge in [0.05, 0.1) is 0 Å². The molecule has 0 radical (unpaired) electrons. The molecule has 1 unspecified atom stereocenters. The number of hydrogen-bond acceptors (Lipinski definition) is 3. The van der Waals surface area contributed by atoms with Gasteiger partial charge in [-0.15, -0.1) is 0 Å². The van der Waals surface area contributed by atoms with Crippen LogP contribution in [0, 0.1) is 0 Å². The Labute approximate surface area is 108 Å². The SMILES string of the molecule is CCC1=CC(=S(=O)=O)C(OC)C(c2ccc[nH]2)=C1. The molecule has 1 aromatic rings. The van der Waals surface area contributed by atoms with E-state index < -0.39 is 16.4 Å². The normalized spacial score (nSPS) is 19.4. The molecule has 0 spiro atoms. The van der Waals surface area contributed by atoms with Gasteiger partial charge in [-0.05, 0) is 30.2 Å². The Morgan fingerprint density at radius 1 is 1.39 bits per heavy atom. The molecule has 96 valence electrons. The third-order valence-electron chi connectivity index (χ3n) is 2.95. The van der Waals surface area contributed by atoms with Gasteiger partial charge in [0.2, 0.25) is 10.3 Å². The molecule has 1 heterocycles. The van der Waals surface area contributed by atoms with E-state index in [0.29, 0.717) is 0 Å². The molecule has 1 atom stereocenters. The zero-order chi connectivity index (χ0) is 13.1. The first-order valence-corrected chi connectivity index (χ1v) is 6.79. The van der Waals surface area contributed by atoms with Crippen molar-refractivity contribution in [1.29, 1.82) is 0 Å². The number of aromatic amines is 1. The van der Waals surface area contributed by atoms with E-state index in [-0.39, 0.29) is 4.86 Å². The first-order chi connectivity index (χ1) is 8.67. The lowest BCUT2D eigenvalue weighted by atomic mass is 9.93. The number of hydrogen-bond donors (Lipinski definition) is 1. The first-order valence-electron chi connectivity index (χ1n) is 5.72. The van der Waals surface area contributed by atoms with E-state index in [0.717, 1.165) is 23.3 Å². The molecule has 0 saturated heterocycles. The summed E-state index contributed by atoms with van der Waals surface area (Å²) in [4.78, 5) is 3.36. The fraction of sp³-hybridized carbons (Fsp3) is 0.308. The van der Waals surface area contributed by atoms with Gasteiger partial charge < -0.3 is 9.72 Å². The van der Waals surface area contributed by atoms with E-state index in [4.69, 9.17) is 4.74 Å². The number of nitrogens with one attached hydrogen (secondary N) is 1. The summed E-state index contributed by atoms with van der Waals surface area (Å²) in [5.41, 5.74) is 2.71. The van der Waals surface area contributed by atoms with Crippen molar-refractivity contribution < 1.29 is 13.2 Å². The molecule has 0 aromatic carbocycles. The third kappa shape index (κ3) is 2.32. The van der Waals surface area contributed by atoms with Crippen molar-refractivity contribution in [2.75, 3.05) is 7.11 Å². The van der Waals surface area contributed by atoms with E-state index >= 15 is 0 Å². The van der Waals surface area contributed by atoms with Gasteiger partial charge in [0, 0.05) is 24.6 Å². The highest BCUT2D eigenvalue weighted by atomic mass is 32.2. The quantitative estimate of drug-likeness (QED) is 0.848. The predicted molar refractivity (Wildman–Crippen MR) is 71.9 cm³/mol. The zero-order valence-corrected chi connectivity index (χ0v) is 11.1. The molecular formula is C13H15NO3S. The molecule has 5 heteroatoms. The Hall–Kier alpha value is -1.59. The van der Waals surface area contributed by atoms with Gasteiger partial charge >= 0.3 is 0 Å². The minimum Gasteiger partial charge on any atom is -0.371 e. The highest BCUT2D eigenvalue weighted by Crippen LogP contribution is 2.27. The summed E-state index contributed by atoms with van der Waals surface area (Å²) in [7, 11) is -0.763. The number of H-pyrrole nitrogens is 1. The predicted octanol–water partition coefficient (Wildman–Crippen LogP) is 1.81. The van der Waals surface area contributed by atoms with Gasteiger partial charge in [0.15, 0.2) is 0 Å². The van der Waals surface area contributed by atoms with Crippen molar-refractivity contribution in [1.82, 2.24) is 4.98 Å². The Bertz CT molecular complexity index is 613. The number of allylic oxidation sites excluding steroid dienone is 2. The lowest BCUT2D eigenvalue weighted by Gasteiger charge is -2.22. The van der Waals surface area contributed by atoms with Crippen molar-refractivity contribution in [2.24, 2.45) is 0 Å². The Balaban J connectivity index is 2.59. The maximum Gasteiger partial charge on any atom is 0.220 e. The molecule has 0 amide bonds. The van der Waals surface area contributed by atoms with Crippen LogP contribution in [0.25, 0.3) is 5.57 Å². The molecule has 1 aromatic heterocycles. The monoisotopic (exact) mass is 265 g/mol. The molecule has 18 heavy (non-hydrogen) atoms. The summed E-state index contributed by atoms with van der Waals surface area (Å²) in [6, 6.07) is 3.78. The van der Waals surface area contributed by atoms with Crippen molar-refractivity contribution in [2.45, 2.75) is 19.4 Å². The van der Waals surface area contributed by atoms with Gasteiger partial charge in [0.25, 0.3) is 0 Å². The third-order valence-corrected chi connectivity index (χ3v) is 3.67. The summed E-state index contributed by atoms with van der Waals surface area (Å²) in [6.45, 7) is 1.99. The van der Waals surface area contributed by atoms with Crippen LogP contribution in [-0.2, 0) is 15.0 Å². The van der Waals surface area contributed by atoms with Crippen molar-refractivity contribution in [3.8, 4) is 0 Å². The van der Waals surface area contributed by atoms with Crippen LogP contribution >= 0.6 is 0 Å². The Kier molecular flexibility index (Phi) is 3.84. The summed E-state index contributed by atoms with van der Waals surface area (Å²) >= 11 is 0. The lowest BCUT2D eigenvalue weighted by molar-refractivity contribution is 0.199. The largest absolute Gasteiger partial charge is 0.371 e. The molecule has 1 aliphatic rings. The van der Waals surface area contributed by atoms with Crippen LogP contribution in [0.1, 0.15) is 19.0 Å². The molecule has 0 fully saturated rings. The second kappa shape index (κ2) is 5.37. The van der Waals surface area contributed by atoms with E-state index in [2.05, 4.69) is 4.98 Å². The van der Waals surface area contributed by atoms with Crippen LogP contribution in [0.4, 0.5) is 0 Å². The summed E-state index contributed by atoms with van der Waals surface area (Å²) < 4.78 is 27.9. The second-order valence-electron chi connectivity index (χ2n) is 4.01. The number of ether oxygens (including phenoxy) is 1. The van der Waals surface area contributed by atoms with Crippen LogP contribution in [-0.4, -0.2) is 31.5 Å². The van der Waals surface area contributed by atoms with E-state index in [1.807, 2.05) is 25.1 Å². The van der Waals surface area contributed by atoms with E-state index in [1.165, 1.54) is 7.11 Å². The van der Waals surface area contributed by atoms with E-state index in [9.17, 15) is 8.42 Å². The molecule has 0 aliphatic heterocycles. The van der Waals surface area contributed by atoms with Crippen LogP contribution < -0.4 is 0 Å². The molecular weight excluding hydrogens is 250 g/mol. The van der Waals surface area contributed by atoms with Crippen molar-refractivity contribution in [3.05, 3.63) is 41.7 Å². The maximum absolute atomic E-state index is 11.3. The number of rotatable bonds is 3. The Morgan fingerprint density at radius 3 is 2.67 bits per heavy atom. The Morgan fingerprint density at radius 2 is 2.17 bits per heavy atom. The van der Waals surface area contributed by atoms with Crippen molar-refractivity contribution in [3.63, 3.8) is 0 Å². The topological polar surface area (TPSA) is 59.2 Å². The highest BCUT2D eigenvalue weighted by molar-refractivity contribution is 7.73. The minimum absolute atomic E-state index is 0.279. The first kappa shape index (κ1) is 12.9. The average Bonchev–Trinajstić information content (AvgIpc) is 2.90. The maximum atomic E-state index is 11.3. The number of aromatic nitrogens is 1. The highest BCUT2D eigenvalue weighted by Gasteiger charge is 2.26. The molecule has 2 rings (SSSR count). The molecule has 0 saturated carbocycles. The average molecular weight is 265 g/mol. The van der Waals surface area contributed by atoms with E-state index in [1.54, 1.807) is 12.3 Å². The van der Waals surface area contributed by atoms with Gasteiger partial charge in [-0.3, -0.25) is 0 Å². The number of methoxy groups -OCH3 is 1. The van der Waals surface area contributed by atoms with Gasteiger partial charge in [-0.2, -0.15) is 8.42 Å². The molecule has 1 aliphatic carbocycles. The summed E-state index contributed by atoms with van der Waals surface area (Å²) in [5.74, 6) is 0. The summed E-state index contributed by atoms with van der Waals surface area (Å²) in [5, 5.41) is 0.